The summed E-state index contributed by atoms with van der Waals surface area (Å²) in [6.07, 6.45) is 2.14. The topological polar surface area (TPSA) is 65.4 Å². The Morgan fingerprint density at radius 2 is 1.53 bits per heavy atom. The summed E-state index contributed by atoms with van der Waals surface area (Å²) in [4.78, 5) is 17.4. The Morgan fingerprint density at radius 1 is 0.895 bits per heavy atom. The Labute approximate surface area is 229 Å². The number of carbonyl (C=O) groups is 1. The Hall–Kier alpha value is -3.71. The van der Waals surface area contributed by atoms with Crippen LogP contribution < -0.4 is 14.8 Å². The molecule has 38 heavy (non-hydrogen) atoms. The van der Waals surface area contributed by atoms with E-state index in [1.54, 1.807) is 26.0 Å². The van der Waals surface area contributed by atoms with Crippen LogP contribution in [-0.2, 0) is 17.8 Å². The molecule has 0 bridgehead atoms. The van der Waals surface area contributed by atoms with E-state index in [-0.39, 0.29) is 5.91 Å². The van der Waals surface area contributed by atoms with Crippen LogP contribution in [0.1, 0.15) is 25.3 Å². The summed E-state index contributed by atoms with van der Waals surface area (Å²) >= 11 is 1.70. The maximum atomic E-state index is 12.3. The quantitative estimate of drug-likeness (QED) is 0.159. The zero-order valence-corrected chi connectivity index (χ0v) is 23.1. The van der Waals surface area contributed by atoms with E-state index < -0.39 is 0 Å². The first-order valence-electron chi connectivity index (χ1n) is 13.0. The number of amides is 1. The second-order valence-electron chi connectivity index (χ2n) is 8.83. The second kappa shape index (κ2) is 13.7. The molecule has 198 valence electrons. The monoisotopic (exact) mass is 529 g/mol. The summed E-state index contributed by atoms with van der Waals surface area (Å²) in [7, 11) is 3.34. The van der Waals surface area contributed by atoms with Gasteiger partial charge in [0.05, 0.1) is 25.6 Å². The van der Waals surface area contributed by atoms with Crippen LogP contribution in [0.4, 0.5) is 0 Å². The van der Waals surface area contributed by atoms with Gasteiger partial charge in [-0.3, -0.25) is 4.79 Å². The van der Waals surface area contributed by atoms with Crippen LogP contribution in [0.25, 0.3) is 22.5 Å². The zero-order chi connectivity index (χ0) is 26.7. The largest absolute Gasteiger partial charge is 0.497 e. The summed E-state index contributed by atoms with van der Waals surface area (Å²) in [5.41, 5.74) is 5.34. The molecule has 1 N–H and O–H groups in total. The van der Waals surface area contributed by atoms with Crippen molar-refractivity contribution in [1.82, 2.24) is 14.9 Å². The van der Waals surface area contributed by atoms with Crippen molar-refractivity contribution >= 4 is 17.7 Å². The lowest BCUT2D eigenvalue weighted by atomic mass is 10.0. The summed E-state index contributed by atoms with van der Waals surface area (Å²) in [5.74, 6) is 2.54. The molecule has 6 nitrogen and oxygen atoms in total. The van der Waals surface area contributed by atoms with Gasteiger partial charge in [0.2, 0.25) is 5.91 Å². The fourth-order valence-corrected chi connectivity index (χ4v) is 5.31. The number of methoxy groups -OCH3 is 2. The highest BCUT2D eigenvalue weighted by atomic mass is 32.2. The lowest BCUT2D eigenvalue weighted by molar-refractivity contribution is -0.121. The molecule has 7 heteroatoms. The molecule has 0 aliphatic rings. The highest BCUT2D eigenvalue weighted by Crippen LogP contribution is 2.37. The molecular formula is C31H35N3O3S. The van der Waals surface area contributed by atoms with E-state index in [0.29, 0.717) is 13.0 Å². The number of imidazole rings is 1. The first-order valence-corrected chi connectivity index (χ1v) is 13.9. The van der Waals surface area contributed by atoms with Crippen LogP contribution in [0, 0.1) is 0 Å². The van der Waals surface area contributed by atoms with Crippen molar-refractivity contribution in [2.75, 3.05) is 26.5 Å². The molecule has 0 spiro atoms. The first kappa shape index (κ1) is 27.3. The lowest BCUT2D eigenvalue weighted by Gasteiger charge is -2.11. The molecule has 0 atom stereocenters. The molecule has 0 fully saturated rings. The molecule has 1 amide bonds. The highest BCUT2D eigenvalue weighted by Gasteiger charge is 2.20. The molecule has 3 aromatic carbocycles. The number of hydrogen-bond acceptors (Lipinski definition) is 5. The van der Waals surface area contributed by atoms with E-state index in [1.165, 1.54) is 5.56 Å². The smallest absolute Gasteiger partial charge is 0.220 e. The minimum Gasteiger partial charge on any atom is -0.497 e. The molecule has 1 aromatic heterocycles. The van der Waals surface area contributed by atoms with Gasteiger partial charge >= 0.3 is 0 Å². The Balaban J connectivity index is 1.44. The number of rotatable bonds is 13. The van der Waals surface area contributed by atoms with Crippen LogP contribution >= 0.6 is 11.8 Å². The van der Waals surface area contributed by atoms with Crippen LogP contribution in [0.2, 0.25) is 0 Å². The second-order valence-corrected chi connectivity index (χ2v) is 9.89. The van der Waals surface area contributed by atoms with Crippen LogP contribution in [-0.4, -0.2) is 42.0 Å². The fourth-order valence-electron chi connectivity index (χ4n) is 4.30. The van der Waals surface area contributed by atoms with E-state index in [2.05, 4.69) is 41.1 Å². The first-order chi connectivity index (χ1) is 18.6. The maximum absolute atomic E-state index is 12.3. The van der Waals surface area contributed by atoms with Crippen LogP contribution in [0.3, 0.4) is 0 Å². The zero-order valence-electron chi connectivity index (χ0n) is 22.3. The van der Waals surface area contributed by atoms with Gasteiger partial charge in [-0.05, 0) is 73.9 Å². The van der Waals surface area contributed by atoms with Crippen LogP contribution in [0.5, 0.6) is 11.5 Å². The van der Waals surface area contributed by atoms with E-state index in [9.17, 15) is 4.79 Å². The van der Waals surface area contributed by atoms with E-state index in [1.807, 2.05) is 54.6 Å². The Kier molecular flexibility index (Phi) is 9.87. The average Bonchev–Trinajstić information content (AvgIpc) is 3.34. The molecule has 0 radical (unpaired) electrons. The van der Waals surface area contributed by atoms with Crippen molar-refractivity contribution in [1.29, 1.82) is 0 Å². The molecule has 0 aliphatic carbocycles. The summed E-state index contributed by atoms with van der Waals surface area (Å²) < 4.78 is 13.0. The number of nitrogens with one attached hydrogen (secondary N) is 1. The van der Waals surface area contributed by atoms with E-state index in [4.69, 9.17) is 14.5 Å². The third kappa shape index (κ3) is 6.98. The highest BCUT2D eigenvalue weighted by molar-refractivity contribution is 7.99. The Morgan fingerprint density at radius 3 is 2.13 bits per heavy atom. The maximum Gasteiger partial charge on any atom is 0.220 e. The molecule has 0 unspecified atom stereocenters. The third-order valence-corrected chi connectivity index (χ3v) is 7.40. The van der Waals surface area contributed by atoms with Gasteiger partial charge < -0.3 is 19.4 Å². The molecular weight excluding hydrogens is 494 g/mol. The molecule has 0 saturated heterocycles. The minimum absolute atomic E-state index is 0.0956. The summed E-state index contributed by atoms with van der Waals surface area (Å²) in [6, 6.07) is 26.3. The predicted octanol–water partition coefficient (Wildman–Crippen LogP) is 6.49. The van der Waals surface area contributed by atoms with Crippen molar-refractivity contribution in [3.8, 4) is 34.0 Å². The summed E-state index contributed by atoms with van der Waals surface area (Å²) in [5, 5.41) is 3.99. The predicted molar refractivity (Wildman–Crippen MR) is 155 cm³/mol. The molecule has 4 rings (SSSR count). The van der Waals surface area contributed by atoms with Gasteiger partial charge in [-0.1, -0.05) is 42.1 Å². The van der Waals surface area contributed by atoms with Gasteiger partial charge in [-0.15, -0.1) is 0 Å². The van der Waals surface area contributed by atoms with Crippen molar-refractivity contribution in [3.05, 3.63) is 84.4 Å². The van der Waals surface area contributed by atoms with Crippen LogP contribution in [0.15, 0.2) is 84.0 Å². The number of thioether (sulfide) groups is 1. The third-order valence-electron chi connectivity index (χ3n) is 6.33. The number of hydrogen-bond donors (Lipinski definition) is 1. The van der Waals surface area contributed by atoms with Gasteiger partial charge in [-0.25, -0.2) is 4.98 Å². The number of carbonyl (C=O) groups excluding carboxylic acids is 1. The lowest BCUT2D eigenvalue weighted by Crippen LogP contribution is -2.25. The van der Waals surface area contributed by atoms with Crippen molar-refractivity contribution in [3.63, 3.8) is 0 Å². The fraction of sp³-hybridized carbons (Fsp3) is 0.290. The van der Waals surface area contributed by atoms with Crippen molar-refractivity contribution in [2.45, 2.75) is 37.9 Å². The number of nitrogens with zero attached hydrogens (tertiary/aromatic N) is 2. The SMILES string of the molecule is CCn1c(SCCCC(=O)NCCc2ccccc2)nc(-c2ccc(OC)cc2)c1-c1ccc(OC)cc1. The normalized spacial score (nSPS) is 10.8. The average molecular weight is 530 g/mol. The molecule has 4 aromatic rings. The number of aromatic nitrogens is 2. The molecule has 1 heterocycles. The summed E-state index contributed by atoms with van der Waals surface area (Å²) in [6.45, 7) is 3.58. The van der Waals surface area contributed by atoms with Crippen molar-refractivity contribution in [2.24, 2.45) is 0 Å². The van der Waals surface area contributed by atoms with E-state index in [0.717, 1.165) is 64.3 Å². The number of ether oxygens (including phenoxy) is 2. The van der Waals surface area contributed by atoms with Gasteiger partial charge in [0.15, 0.2) is 5.16 Å². The van der Waals surface area contributed by atoms with Gasteiger partial charge in [0, 0.05) is 36.4 Å². The van der Waals surface area contributed by atoms with Crippen molar-refractivity contribution < 1.29 is 14.3 Å². The minimum atomic E-state index is 0.0956. The van der Waals surface area contributed by atoms with Gasteiger partial charge in [-0.2, -0.15) is 0 Å². The molecule has 0 aliphatic heterocycles. The Bertz CT molecular complexity index is 1300. The van der Waals surface area contributed by atoms with Gasteiger partial charge in [0.1, 0.15) is 11.5 Å². The van der Waals surface area contributed by atoms with Gasteiger partial charge in [0.25, 0.3) is 0 Å². The number of benzene rings is 3. The molecule has 0 saturated carbocycles. The standard InChI is InChI=1S/C31H35N3O3S/c1-4-34-30(25-14-18-27(37-3)19-15-25)29(24-12-16-26(36-2)17-13-24)33-31(34)38-22-8-11-28(35)32-21-20-23-9-6-5-7-10-23/h5-7,9-10,12-19H,4,8,11,20-22H2,1-3H3,(H,32,35). The van der Waals surface area contributed by atoms with E-state index >= 15 is 0 Å².